The molecule has 1 aliphatic rings. The molecule has 19 heavy (non-hydrogen) atoms. The summed E-state index contributed by atoms with van der Waals surface area (Å²) in [6, 6.07) is 9.99. The Morgan fingerprint density at radius 3 is 2.79 bits per heavy atom. The van der Waals surface area contributed by atoms with Crippen molar-refractivity contribution >= 4 is 28.5 Å². The van der Waals surface area contributed by atoms with Crippen LogP contribution in [-0.2, 0) is 9.53 Å². The molecule has 0 aromatic heterocycles. The van der Waals surface area contributed by atoms with E-state index in [-0.39, 0.29) is 15.9 Å². The average molecular weight is 373 g/mol. The van der Waals surface area contributed by atoms with Crippen LogP contribution in [0, 0.1) is 5.92 Å². The van der Waals surface area contributed by atoms with Gasteiger partial charge in [0.05, 0.1) is 16.6 Å². The van der Waals surface area contributed by atoms with Gasteiger partial charge in [-0.2, -0.15) is 0 Å². The molecule has 3 atom stereocenters. The van der Waals surface area contributed by atoms with Gasteiger partial charge in [0, 0.05) is 19.6 Å². The van der Waals surface area contributed by atoms with Crippen molar-refractivity contribution in [2.45, 2.75) is 23.3 Å². The fourth-order valence-corrected chi connectivity index (χ4v) is 3.81. The van der Waals surface area contributed by atoms with Gasteiger partial charge in [0.25, 0.3) is 0 Å². The van der Waals surface area contributed by atoms with Gasteiger partial charge >= 0.3 is 0 Å². The van der Waals surface area contributed by atoms with E-state index >= 15 is 0 Å². The quantitative estimate of drug-likeness (QED) is 0.461. The van der Waals surface area contributed by atoms with Crippen molar-refractivity contribution in [1.82, 2.24) is 4.90 Å². The highest BCUT2D eigenvalue weighted by molar-refractivity contribution is 14.1. The van der Waals surface area contributed by atoms with E-state index in [0.29, 0.717) is 5.92 Å². The average Bonchev–Trinajstić information content (AvgIpc) is 2.79. The van der Waals surface area contributed by atoms with Gasteiger partial charge < -0.3 is 9.64 Å². The molecular weight excluding hydrogens is 353 g/mol. The van der Waals surface area contributed by atoms with Crippen LogP contribution in [0.2, 0.25) is 0 Å². The molecule has 0 N–H and O–H groups in total. The SMILES string of the molecule is COCC1C[C@@H](I)N(C(=O)C(C)c2ccccc2)C1. The Morgan fingerprint density at radius 1 is 1.47 bits per heavy atom. The standard InChI is InChI=1S/C15H20INO2/c1-11(13-6-4-3-5-7-13)15(18)17-9-12(10-19-2)8-14(17)16/h3-7,11-12,14H,8-10H2,1-2H3/t11?,12?,14-/m0/s1. The second-order valence-electron chi connectivity index (χ2n) is 5.11. The molecule has 4 heteroatoms. The van der Waals surface area contributed by atoms with Gasteiger partial charge in [0.15, 0.2) is 0 Å². The Balaban J connectivity index is 2.04. The van der Waals surface area contributed by atoms with Crippen LogP contribution >= 0.6 is 22.6 Å². The third-order valence-corrected chi connectivity index (χ3v) is 4.86. The number of carbonyl (C=O) groups excluding carboxylic acids is 1. The second kappa shape index (κ2) is 6.70. The fraction of sp³-hybridized carbons (Fsp3) is 0.533. The number of halogens is 1. The van der Waals surface area contributed by atoms with Crippen molar-refractivity contribution < 1.29 is 9.53 Å². The molecule has 1 fully saturated rings. The smallest absolute Gasteiger partial charge is 0.230 e. The number of hydrogen-bond donors (Lipinski definition) is 0. The van der Waals surface area contributed by atoms with E-state index in [1.807, 2.05) is 42.2 Å². The van der Waals surface area contributed by atoms with Crippen molar-refractivity contribution in [2.24, 2.45) is 5.92 Å². The Morgan fingerprint density at radius 2 is 2.16 bits per heavy atom. The Hall–Kier alpha value is -0.620. The van der Waals surface area contributed by atoms with E-state index in [0.717, 1.165) is 25.1 Å². The first kappa shape index (κ1) is 14.8. The summed E-state index contributed by atoms with van der Waals surface area (Å²) in [6.07, 6.45) is 1.03. The lowest BCUT2D eigenvalue weighted by atomic mass is 10.00. The van der Waals surface area contributed by atoms with Crippen molar-refractivity contribution in [3.63, 3.8) is 0 Å². The number of alkyl halides is 1. The minimum atomic E-state index is -0.0697. The molecule has 2 rings (SSSR count). The summed E-state index contributed by atoms with van der Waals surface area (Å²) >= 11 is 2.37. The number of amides is 1. The highest BCUT2D eigenvalue weighted by Crippen LogP contribution is 2.31. The first-order valence-electron chi connectivity index (χ1n) is 6.62. The topological polar surface area (TPSA) is 29.5 Å². The number of ether oxygens (including phenoxy) is 1. The summed E-state index contributed by atoms with van der Waals surface area (Å²) in [5.41, 5.74) is 1.09. The van der Waals surface area contributed by atoms with Crippen LogP contribution in [0.25, 0.3) is 0 Å². The number of hydrogen-bond acceptors (Lipinski definition) is 2. The highest BCUT2D eigenvalue weighted by atomic mass is 127. The van der Waals surface area contributed by atoms with Crippen molar-refractivity contribution in [3.8, 4) is 0 Å². The van der Waals surface area contributed by atoms with E-state index in [1.54, 1.807) is 7.11 Å². The van der Waals surface area contributed by atoms with Crippen LogP contribution in [0.4, 0.5) is 0 Å². The number of carbonyl (C=O) groups is 1. The van der Waals surface area contributed by atoms with Crippen LogP contribution in [0.5, 0.6) is 0 Å². The minimum Gasteiger partial charge on any atom is -0.384 e. The Bertz CT molecular complexity index is 423. The normalized spacial score (nSPS) is 24.5. The van der Waals surface area contributed by atoms with Crippen LogP contribution in [-0.4, -0.2) is 35.1 Å². The molecule has 1 saturated heterocycles. The molecule has 0 spiro atoms. The summed E-state index contributed by atoms with van der Waals surface area (Å²) in [7, 11) is 1.72. The van der Waals surface area contributed by atoms with Crippen LogP contribution < -0.4 is 0 Å². The monoisotopic (exact) mass is 373 g/mol. The predicted octanol–water partition coefficient (Wildman–Crippen LogP) is 3.05. The third-order valence-electron chi connectivity index (χ3n) is 3.68. The third kappa shape index (κ3) is 3.48. The van der Waals surface area contributed by atoms with Crippen LogP contribution in [0.15, 0.2) is 30.3 Å². The molecule has 104 valence electrons. The number of nitrogens with zero attached hydrogens (tertiary/aromatic N) is 1. The predicted molar refractivity (Wildman–Crippen MR) is 84.4 cm³/mol. The summed E-state index contributed by atoms with van der Waals surface area (Å²) in [4.78, 5) is 14.6. The summed E-state index contributed by atoms with van der Waals surface area (Å²) in [5, 5.41) is 0. The zero-order valence-corrected chi connectivity index (χ0v) is 13.5. The summed E-state index contributed by atoms with van der Waals surface area (Å²) < 4.78 is 5.49. The number of methoxy groups -OCH3 is 1. The van der Waals surface area contributed by atoms with Gasteiger partial charge in [-0.3, -0.25) is 4.79 Å². The lowest BCUT2D eigenvalue weighted by Gasteiger charge is -2.24. The zero-order valence-electron chi connectivity index (χ0n) is 11.4. The number of likely N-dealkylation sites (tertiary alicyclic amines) is 1. The summed E-state index contributed by atoms with van der Waals surface area (Å²) in [5.74, 6) is 0.628. The molecule has 0 radical (unpaired) electrons. The molecule has 1 amide bonds. The van der Waals surface area contributed by atoms with E-state index in [9.17, 15) is 4.79 Å². The van der Waals surface area contributed by atoms with E-state index in [1.165, 1.54) is 0 Å². The van der Waals surface area contributed by atoms with Gasteiger partial charge in [-0.05, 0) is 18.9 Å². The highest BCUT2D eigenvalue weighted by Gasteiger charge is 2.35. The van der Waals surface area contributed by atoms with E-state index in [2.05, 4.69) is 22.6 Å². The van der Waals surface area contributed by atoms with Gasteiger partial charge in [0.2, 0.25) is 5.91 Å². The van der Waals surface area contributed by atoms with Gasteiger partial charge in [-0.1, -0.05) is 52.9 Å². The van der Waals surface area contributed by atoms with Crippen molar-refractivity contribution in [2.75, 3.05) is 20.3 Å². The minimum absolute atomic E-state index is 0.0697. The molecule has 3 nitrogen and oxygen atoms in total. The van der Waals surface area contributed by atoms with Crippen molar-refractivity contribution in [3.05, 3.63) is 35.9 Å². The molecule has 1 aromatic carbocycles. The zero-order chi connectivity index (χ0) is 13.8. The van der Waals surface area contributed by atoms with E-state index < -0.39 is 0 Å². The molecule has 1 heterocycles. The van der Waals surface area contributed by atoms with Gasteiger partial charge in [-0.25, -0.2) is 0 Å². The largest absolute Gasteiger partial charge is 0.384 e. The van der Waals surface area contributed by atoms with Gasteiger partial charge in [-0.15, -0.1) is 0 Å². The first-order chi connectivity index (χ1) is 9.13. The fourth-order valence-electron chi connectivity index (χ4n) is 2.59. The Labute approximate surface area is 128 Å². The molecule has 1 aromatic rings. The van der Waals surface area contributed by atoms with E-state index in [4.69, 9.17) is 4.74 Å². The molecule has 1 aliphatic heterocycles. The lowest BCUT2D eigenvalue weighted by molar-refractivity contribution is -0.131. The second-order valence-corrected chi connectivity index (χ2v) is 6.55. The maximum Gasteiger partial charge on any atom is 0.230 e. The van der Waals surface area contributed by atoms with Gasteiger partial charge in [0.1, 0.15) is 0 Å². The maximum absolute atomic E-state index is 12.6. The first-order valence-corrected chi connectivity index (χ1v) is 7.86. The molecular formula is C15H20INO2. The Kier molecular flexibility index (Phi) is 5.21. The molecule has 0 bridgehead atoms. The lowest BCUT2D eigenvalue weighted by Crippen LogP contribution is -2.35. The number of rotatable bonds is 4. The number of benzene rings is 1. The van der Waals surface area contributed by atoms with Crippen LogP contribution in [0.3, 0.4) is 0 Å². The molecule has 2 unspecified atom stereocenters. The summed E-state index contributed by atoms with van der Waals surface area (Å²) in [6.45, 7) is 3.55. The molecule has 0 saturated carbocycles. The van der Waals surface area contributed by atoms with Crippen LogP contribution in [0.1, 0.15) is 24.8 Å². The molecule has 0 aliphatic carbocycles. The van der Waals surface area contributed by atoms with Crippen molar-refractivity contribution in [1.29, 1.82) is 0 Å². The maximum atomic E-state index is 12.6.